The number of hydrogen-bond acceptors (Lipinski definition) is 1. The number of unbranched alkanes of at least 4 members (excludes halogenated alkanes) is 2. The van der Waals surface area contributed by atoms with E-state index < -0.39 is 0 Å². The van der Waals surface area contributed by atoms with Gasteiger partial charge in [-0.15, -0.1) is 0 Å². The van der Waals surface area contributed by atoms with E-state index in [0.717, 1.165) is 17.5 Å². The SMILES string of the molecule is CCCCC(CC)CC1(CC(CC)CCCC)c2ccccc2-c2ccc(-c3cccc(-c4ccccn4)c3)cc21. The molecule has 3 aromatic carbocycles. The van der Waals surface area contributed by atoms with Crippen molar-refractivity contribution in [1.82, 2.24) is 4.98 Å². The number of nitrogens with zero attached hydrogens (tertiary/aromatic N) is 1. The first-order chi connectivity index (χ1) is 20.1. The van der Waals surface area contributed by atoms with Crippen LogP contribution in [0.5, 0.6) is 0 Å². The highest BCUT2D eigenvalue weighted by Crippen LogP contribution is 2.56. The van der Waals surface area contributed by atoms with Crippen LogP contribution in [0.15, 0.2) is 91.1 Å². The normalized spacial score (nSPS) is 17.2. The van der Waals surface area contributed by atoms with Crippen LogP contribution in [0, 0.1) is 11.8 Å². The van der Waals surface area contributed by atoms with E-state index in [2.05, 4.69) is 112 Å². The van der Waals surface area contributed by atoms with E-state index in [1.807, 2.05) is 12.3 Å². The molecule has 1 aliphatic carbocycles. The Morgan fingerprint density at radius 2 is 1.22 bits per heavy atom. The molecule has 2 atom stereocenters. The van der Waals surface area contributed by atoms with Crippen LogP contribution in [0.4, 0.5) is 0 Å². The first kappa shape index (κ1) is 29.3. The van der Waals surface area contributed by atoms with Crippen LogP contribution >= 0.6 is 0 Å². The molecular formula is C40H49N. The highest BCUT2D eigenvalue weighted by atomic mass is 14.7. The predicted molar refractivity (Wildman–Crippen MR) is 177 cm³/mol. The van der Waals surface area contributed by atoms with Gasteiger partial charge in [-0.1, -0.05) is 140 Å². The Hall–Kier alpha value is -3.19. The van der Waals surface area contributed by atoms with Crippen LogP contribution in [0.3, 0.4) is 0 Å². The second kappa shape index (κ2) is 13.6. The quantitative estimate of drug-likeness (QED) is 0.154. The maximum atomic E-state index is 4.62. The third kappa shape index (κ3) is 6.20. The van der Waals surface area contributed by atoms with Gasteiger partial charge in [-0.05, 0) is 82.3 Å². The summed E-state index contributed by atoms with van der Waals surface area (Å²) in [6.45, 7) is 9.52. The summed E-state index contributed by atoms with van der Waals surface area (Å²) in [5.41, 5.74) is 11.0. The summed E-state index contributed by atoms with van der Waals surface area (Å²) in [5, 5.41) is 0. The Morgan fingerprint density at radius 1 is 0.585 bits per heavy atom. The maximum absolute atomic E-state index is 4.62. The third-order valence-corrected chi connectivity index (χ3v) is 9.79. The molecule has 0 saturated carbocycles. The summed E-state index contributed by atoms with van der Waals surface area (Å²) >= 11 is 0. The summed E-state index contributed by atoms with van der Waals surface area (Å²) in [5.74, 6) is 1.49. The molecule has 1 nitrogen and oxygen atoms in total. The molecule has 0 N–H and O–H groups in total. The van der Waals surface area contributed by atoms with E-state index in [4.69, 9.17) is 0 Å². The zero-order valence-corrected chi connectivity index (χ0v) is 25.8. The summed E-state index contributed by atoms with van der Waals surface area (Å²) in [6, 6.07) is 31.9. The summed E-state index contributed by atoms with van der Waals surface area (Å²) in [4.78, 5) is 4.62. The number of pyridine rings is 1. The molecule has 2 unspecified atom stereocenters. The van der Waals surface area contributed by atoms with Crippen molar-refractivity contribution in [2.24, 2.45) is 11.8 Å². The molecule has 1 aromatic heterocycles. The molecule has 1 heteroatoms. The van der Waals surface area contributed by atoms with Gasteiger partial charge in [0.25, 0.3) is 0 Å². The van der Waals surface area contributed by atoms with Gasteiger partial charge in [0.15, 0.2) is 0 Å². The number of aromatic nitrogens is 1. The lowest BCUT2D eigenvalue weighted by atomic mass is 9.65. The largest absolute Gasteiger partial charge is 0.256 e. The van der Waals surface area contributed by atoms with Crippen molar-refractivity contribution in [1.29, 1.82) is 0 Å². The molecule has 0 bridgehead atoms. The van der Waals surface area contributed by atoms with Crippen LogP contribution in [0.25, 0.3) is 33.5 Å². The van der Waals surface area contributed by atoms with Crippen molar-refractivity contribution in [3.63, 3.8) is 0 Å². The van der Waals surface area contributed by atoms with Crippen LogP contribution in [0.1, 0.15) is 103 Å². The standard InChI is InChI=1S/C40H49N/c1-5-9-16-30(7-3)28-40(29-31(8-4)17-10-6-2)37-21-12-11-20-35(37)36-24-23-33(27-38(36)40)32-18-15-19-34(26-32)39-22-13-14-25-41-39/h11-15,18-27,30-31H,5-10,16-17,28-29H2,1-4H3. The van der Waals surface area contributed by atoms with E-state index in [0.29, 0.717) is 0 Å². The van der Waals surface area contributed by atoms with Crippen molar-refractivity contribution in [3.8, 4) is 33.5 Å². The fourth-order valence-corrected chi connectivity index (χ4v) is 7.42. The molecule has 0 spiro atoms. The molecule has 1 aliphatic rings. The molecule has 4 aromatic rings. The van der Waals surface area contributed by atoms with E-state index in [-0.39, 0.29) is 5.41 Å². The monoisotopic (exact) mass is 543 g/mol. The Labute approximate surface area is 249 Å². The lowest BCUT2D eigenvalue weighted by Crippen LogP contribution is -2.31. The zero-order valence-electron chi connectivity index (χ0n) is 25.8. The predicted octanol–water partition coefficient (Wildman–Crippen LogP) is 11.9. The van der Waals surface area contributed by atoms with Gasteiger partial charge >= 0.3 is 0 Å². The third-order valence-electron chi connectivity index (χ3n) is 9.79. The first-order valence-electron chi connectivity index (χ1n) is 16.4. The minimum atomic E-state index is 0.0728. The Morgan fingerprint density at radius 3 is 1.88 bits per heavy atom. The fraction of sp³-hybridized carbons (Fsp3) is 0.425. The second-order valence-electron chi connectivity index (χ2n) is 12.4. The molecular weight excluding hydrogens is 494 g/mol. The Bertz CT molecular complexity index is 1380. The van der Waals surface area contributed by atoms with Crippen LogP contribution in [-0.4, -0.2) is 4.98 Å². The Kier molecular flexibility index (Phi) is 9.76. The topological polar surface area (TPSA) is 12.9 Å². The van der Waals surface area contributed by atoms with Crippen molar-refractivity contribution < 1.29 is 0 Å². The second-order valence-corrected chi connectivity index (χ2v) is 12.4. The molecule has 214 valence electrons. The maximum Gasteiger partial charge on any atom is 0.0702 e. The highest BCUT2D eigenvalue weighted by Gasteiger charge is 2.45. The van der Waals surface area contributed by atoms with Gasteiger partial charge in [-0.2, -0.15) is 0 Å². The zero-order chi connectivity index (χ0) is 28.7. The van der Waals surface area contributed by atoms with E-state index in [1.54, 1.807) is 11.1 Å². The Balaban J connectivity index is 1.64. The highest BCUT2D eigenvalue weighted by molar-refractivity contribution is 5.84. The van der Waals surface area contributed by atoms with Crippen molar-refractivity contribution >= 4 is 0 Å². The number of benzene rings is 3. The lowest BCUT2D eigenvalue weighted by molar-refractivity contribution is 0.266. The number of rotatable bonds is 14. The van der Waals surface area contributed by atoms with Gasteiger partial charge in [-0.25, -0.2) is 0 Å². The van der Waals surface area contributed by atoms with Crippen LogP contribution < -0.4 is 0 Å². The van der Waals surface area contributed by atoms with Gasteiger partial charge in [0, 0.05) is 17.2 Å². The molecule has 1 heterocycles. The molecule has 0 aliphatic heterocycles. The van der Waals surface area contributed by atoms with Crippen molar-refractivity contribution in [2.75, 3.05) is 0 Å². The van der Waals surface area contributed by atoms with E-state index in [9.17, 15) is 0 Å². The number of fused-ring (bicyclic) bond motifs is 3. The average Bonchev–Trinajstić information content (AvgIpc) is 3.30. The summed E-state index contributed by atoms with van der Waals surface area (Å²) < 4.78 is 0. The minimum absolute atomic E-state index is 0.0728. The molecule has 0 fully saturated rings. The van der Waals surface area contributed by atoms with Crippen LogP contribution in [0.2, 0.25) is 0 Å². The van der Waals surface area contributed by atoms with Crippen molar-refractivity contribution in [3.05, 3.63) is 102 Å². The average molecular weight is 544 g/mol. The molecule has 41 heavy (non-hydrogen) atoms. The summed E-state index contributed by atoms with van der Waals surface area (Å²) in [7, 11) is 0. The van der Waals surface area contributed by atoms with Gasteiger partial charge in [0.05, 0.1) is 5.69 Å². The van der Waals surface area contributed by atoms with Gasteiger partial charge in [0.1, 0.15) is 0 Å². The fourth-order valence-electron chi connectivity index (χ4n) is 7.42. The minimum Gasteiger partial charge on any atom is -0.256 e. The lowest BCUT2D eigenvalue weighted by Gasteiger charge is -2.39. The number of hydrogen-bond donors (Lipinski definition) is 0. The smallest absolute Gasteiger partial charge is 0.0702 e. The van der Waals surface area contributed by atoms with Gasteiger partial charge in [0.2, 0.25) is 0 Å². The molecule has 0 amide bonds. The van der Waals surface area contributed by atoms with E-state index >= 15 is 0 Å². The van der Waals surface area contributed by atoms with Crippen LogP contribution in [-0.2, 0) is 5.41 Å². The van der Waals surface area contributed by atoms with Gasteiger partial charge in [-0.3, -0.25) is 4.98 Å². The molecule has 0 saturated heterocycles. The summed E-state index contributed by atoms with van der Waals surface area (Å²) in [6.07, 6.45) is 14.8. The molecule has 0 radical (unpaired) electrons. The van der Waals surface area contributed by atoms with Crippen molar-refractivity contribution in [2.45, 2.75) is 97.3 Å². The van der Waals surface area contributed by atoms with E-state index in [1.165, 1.54) is 92.0 Å². The molecule has 5 rings (SSSR count). The van der Waals surface area contributed by atoms with Gasteiger partial charge < -0.3 is 0 Å². The first-order valence-corrected chi connectivity index (χ1v) is 16.4.